The Kier molecular flexibility index (Phi) is 13.1. The number of carbonyl (C=O) groups excluding carboxylic acids is 3. The van der Waals surface area contributed by atoms with Gasteiger partial charge < -0.3 is 25.6 Å². The van der Waals surface area contributed by atoms with Crippen molar-refractivity contribution in [1.29, 1.82) is 0 Å². The molecular formula is C45H56N6O4S. The molecule has 0 spiro atoms. The maximum atomic E-state index is 14.2. The fourth-order valence-corrected chi connectivity index (χ4v) is 8.60. The lowest BCUT2D eigenvalue weighted by Gasteiger charge is -2.36. The highest BCUT2D eigenvalue weighted by Gasteiger charge is 2.43. The van der Waals surface area contributed by atoms with Gasteiger partial charge in [-0.2, -0.15) is 0 Å². The van der Waals surface area contributed by atoms with Crippen LogP contribution >= 0.6 is 11.3 Å². The summed E-state index contributed by atoms with van der Waals surface area (Å²) in [7, 11) is 0. The third-order valence-electron chi connectivity index (χ3n) is 11.1. The number of aliphatic hydroxyl groups excluding tert-OH is 1. The van der Waals surface area contributed by atoms with Crippen molar-refractivity contribution in [3.63, 3.8) is 0 Å². The van der Waals surface area contributed by atoms with Crippen molar-refractivity contribution in [3.05, 3.63) is 95.5 Å². The van der Waals surface area contributed by atoms with E-state index in [0.717, 1.165) is 61.9 Å². The number of H-pyrrole nitrogens is 1. The molecule has 1 aliphatic heterocycles. The van der Waals surface area contributed by atoms with Gasteiger partial charge in [0.25, 0.3) is 0 Å². The average molecular weight is 777 g/mol. The molecule has 0 saturated carbocycles. The SMILES string of the molecule is C=C(N[C@@H](C)c1ccc(-c2scnc2C)cc1)[C@@H]1C[C@@H](O)CN1C(=O)[C@@H](CC(=O)CCCCCNC(=O)CCc1ccc2c(c1)[nH]c1ccncc12)C(C)(C)C. The number of hydrogen-bond acceptors (Lipinski definition) is 8. The molecule has 11 heteroatoms. The Labute approximate surface area is 334 Å². The average Bonchev–Trinajstić information content (AvgIpc) is 3.89. The van der Waals surface area contributed by atoms with Crippen molar-refractivity contribution in [3.8, 4) is 10.4 Å². The molecule has 1 aliphatic rings. The van der Waals surface area contributed by atoms with E-state index in [4.69, 9.17) is 0 Å². The number of aryl methyl sites for hydroxylation is 2. The van der Waals surface area contributed by atoms with E-state index in [9.17, 15) is 19.5 Å². The number of thiazole rings is 1. The summed E-state index contributed by atoms with van der Waals surface area (Å²) in [4.78, 5) is 54.9. The van der Waals surface area contributed by atoms with Crippen LogP contribution in [-0.2, 0) is 20.8 Å². The van der Waals surface area contributed by atoms with Crippen LogP contribution in [0.1, 0.15) is 95.5 Å². The number of carbonyl (C=O) groups is 3. The van der Waals surface area contributed by atoms with Crippen LogP contribution in [0.3, 0.4) is 0 Å². The van der Waals surface area contributed by atoms with Gasteiger partial charge in [-0.1, -0.05) is 70.2 Å². The largest absolute Gasteiger partial charge is 0.391 e. The Balaban J connectivity index is 0.929. The Morgan fingerprint density at radius 1 is 1.04 bits per heavy atom. The van der Waals surface area contributed by atoms with Gasteiger partial charge >= 0.3 is 0 Å². The van der Waals surface area contributed by atoms with E-state index < -0.39 is 17.4 Å². The van der Waals surface area contributed by atoms with Crippen molar-refractivity contribution >= 4 is 50.7 Å². The molecule has 10 nitrogen and oxygen atoms in total. The van der Waals surface area contributed by atoms with E-state index in [1.54, 1.807) is 22.4 Å². The second-order valence-electron chi connectivity index (χ2n) is 16.4. The van der Waals surface area contributed by atoms with Crippen molar-refractivity contribution < 1.29 is 19.5 Å². The van der Waals surface area contributed by atoms with Crippen LogP contribution in [0.15, 0.2) is 78.7 Å². The summed E-state index contributed by atoms with van der Waals surface area (Å²) in [6, 6.07) is 16.2. The summed E-state index contributed by atoms with van der Waals surface area (Å²) in [5.41, 5.74) is 8.51. The number of rotatable bonds is 17. The van der Waals surface area contributed by atoms with Crippen LogP contribution in [0.4, 0.5) is 0 Å². The minimum Gasteiger partial charge on any atom is -0.391 e. The van der Waals surface area contributed by atoms with Gasteiger partial charge in [0, 0.05) is 90.6 Å². The number of hydrogen-bond donors (Lipinski definition) is 4. The summed E-state index contributed by atoms with van der Waals surface area (Å²) < 4.78 is 0. The molecule has 0 bridgehead atoms. The van der Waals surface area contributed by atoms with Crippen molar-refractivity contribution in [1.82, 2.24) is 30.5 Å². The Morgan fingerprint density at radius 2 is 1.82 bits per heavy atom. The minimum absolute atomic E-state index is 0.0164. The molecule has 2 aromatic carbocycles. The lowest BCUT2D eigenvalue weighted by atomic mass is 9.76. The molecule has 0 radical (unpaired) electrons. The van der Waals surface area contributed by atoms with E-state index in [2.05, 4.69) is 81.6 Å². The predicted molar refractivity (Wildman–Crippen MR) is 225 cm³/mol. The molecular weight excluding hydrogens is 721 g/mol. The number of benzene rings is 2. The number of aliphatic hydroxyl groups is 1. The predicted octanol–water partition coefficient (Wildman–Crippen LogP) is 8.21. The third-order valence-corrected chi connectivity index (χ3v) is 12.1. The van der Waals surface area contributed by atoms with Gasteiger partial charge in [-0.25, -0.2) is 4.98 Å². The summed E-state index contributed by atoms with van der Waals surface area (Å²) in [5, 5.41) is 19.5. The molecule has 4 atom stereocenters. The van der Waals surface area contributed by atoms with Gasteiger partial charge in [0.05, 0.1) is 28.2 Å². The summed E-state index contributed by atoms with van der Waals surface area (Å²) >= 11 is 1.63. The molecule has 4 heterocycles. The van der Waals surface area contributed by atoms with Gasteiger partial charge in [0.2, 0.25) is 11.8 Å². The van der Waals surface area contributed by atoms with Crippen molar-refractivity contribution in [2.24, 2.45) is 11.3 Å². The quantitative estimate of drug-likeness (QED) is 0.0698. The van der Waals surface area contributed by atoms with Gasteiger partial charge in [-0.3, -0.25) is 19.4 Å². The van der Waals surface area contributed by atoms with Crippen LogP contribution in [0.5, 0.6) is 0 Å². The Hall–Kier alpha value is -4.87. The van der Waals surface area contributed by atoms with Crippen LogP contribution in [0.25, 0.3) is 32.2 Å². The van der Waals surface area contributed by atoms with E-state index in [1.165, 1.54) is 0 Å². The van der Waals surface area contributed by atoms with Gasteiger partial charge in [0.15, 0.2) is 0 Å². The molecule has 3 aromatic heterocycles. The second kappa shape index (κ2) is 17.9. The number of β-amino-alcohol motifs (C(OH)–C–C–N with tert-alkyl or cyclic N) is 1. The van der Waals surface area contributed by atoms with E-state index in [0.29, 0.717) is 44.3 Å². The minimum atomic E-state index is -0.663. The van der Waals surface area contributed by atoms with E-state index >= 15 is 0 Å². The molecule has 296 valence electrons. The fourth-order valence-electron chi connectivity index (χ4n) is 7.79. The highest BCUT2D eigenvalue weighted by Crippen LogP contribution is 2.35. The topological polar surface area (TPSA) is 140 Å². The zero-order chi connectivity index (χ0) is 40.0. The number of nitrogens with zero attached hydrogens (tertiary/aromatic N) is 3. The molecule has 2 amide bonds. The number of unbranched alkanes of at least 4 members (excludes halogenated alkanes) is 2. The number of pyridine rings is 1. The molecule has 0 aliphatic carbocycles. The summed E-state index contributed by atoms with van der Waals surface area (Å²) in [5.74, 6) is -0.565. The van der Waals surface area contributed by atoms with Gasteiger partial charge in [-0.15, -0.1) is 11.3 Å². The number of amides is 2. The molecule has 0 unspecified atom stereocenters. The molecule has 6 rings (SSSR count). The van der Waals surface area contributed by atoms with E-state index in [1.807, 2.05) is 45.5 Å². The number of ketones is 1. The van der Waals surface area contributed by atoms with Crippen molar-refractivity contribution in [2.75, 3.05) is 13.1 Å². The maximum absolute atomic E-state index is 14.2. The van der Waals surface area contributed by atoms with Crippen LogP contribution in [-0.4, -0.2) is 67.8 Å². The number of aromatic nitrogens is 3. The molecule has 4 N–H and O–H groups in total. The van der Waals surface area contributed by atoms with Crippen LogP contribution in [0, 0.1) is 18.3 Å². The first-order valence-electron chi connectivity index (χ1n) is 19.9. The lowest BCUT2D eigenvalue weighted by Crippen LogP contribution is -2.47. The first-order chi connectivity index (χ1) is 26.8. The zero-order valence-electron chi connectivity index (χ0n) is 33.4. The second-order valence-corrected chi connectivity index (χ2v) is 17.3. The van der Waals surface area contributed by atoms with Crippen LogP contribution in [0.2, 0.25) is 0 Å². The summed E-state index contributed by atoms with van der Waals surface area (Å²) in [6.45, 7) is 15.2. The van der Waals surface area contributed by atoms with E-state index in [-0.39, 0.29) is 42.6 Å². The number of nitrogens with one attached hydrogen (secondary N) is 3. The number of fused-ring (bicyclic) bond motifs is 3. The lowest BCUT2D eigenvalue weighted by molar-refractivity contribution is -0.142. The van der Waals surface area contributed by atoms with Crippen molar-refractivity contribution in [2.45, 2.75) is 104 Å². The first-order valence-corrected chi connectivity index (χ1v) is 20.7. The van der Waals surface area contributed by atoms with Gasteiger partial charge in [-0.05, 0) is 67.3 Å². The number of aromatic amines is 1. The summed E-state index contributed by atoms with van der Waals surface area (Å²) in [6.07, 6.45) is 7.27. The standard InChI is InChI=1S/C45H56N6O4S/c1-28(32-13-15-33(16-14-32)43-30(3)48-27-56-43)49-29(2)41-24-35(53)26-51(41)44(55)38(45(4,5)6)23-34(52)10-8-7-9-20-47-42(54)18-12-31-11-17-36-37-25-46-21-19-39(37)50-40(36)22-31/h11,13-17,19,21-22,25,27-28,35,38,41,49-50,53H,2,7-10,12,18,20,23-24,26H2,1,3-6H3,(H,47,54)/t28-,35+,38+,41-/m0/s1. The maximum Gasteiger partial charge on any atom is 0.227 e. The fraction of sp³-hybridized carbons (Fsp3) is 0.444. The normalized spacial score (nSPS) is 16.9. The smallest absolute Gasteiger partial charge is 0.227 e. The Bertz CT molecular complexity index is 2170. The van der Waals surface area contributed by atoms with Gasteiger partial charge in [0.1, 0.15) is 5.78 Å². The third kappa shape index (κ3) is 9.92. The zero-order valence-corrected chi connectivity index (χ0v) is 34.2. The highest BCUT2D eigenvalue weighted by atomic mass is 32.1. The number of Topliss-reactive ketones (excluding diaryl/α,β-unsaturated/α-hetero) is 1. The molecule has 5 aromatic rings. The molecule has 56 heavy (non-hydrogen) atoms. The first kappa shape index (κ1) is 40.8. The molecule has 1 saturated heterocycles. The Morgan fingerprint density at radius 3 is 2.55 bits per heavy atom. The highest BCUT2D eigenvalue weighted by molar-refractivity contribution is 7.13. The monoisotopic (exact) mass is 776 g/mol. The number of likely N-dealkylation sites (tertiary alicyclic amines) is 1. The molecule has 1 fully saturated rings. The van der Waals surface area contributed by atoms with Crippen LogP contribution < -0.4 is 10.6 Å².